The van der Waals surface area contributed by atoms with Gasteiger partial charge in [0, 0.05) is 35.6 Å². The van der Waals surface area contributed by atoms with Gasteiger partial charge in [0.25, 0.3) is 0 Å². The second-order valence-corrected chi connectivity index (χ2v) is 3.63. The van der Waals surface area contributed by atoms with Gasteiger partial charge in [-0.1, -0.05) is 0 Å². The average Bonchev–Trinajstić information content (AvgIpc) is 2.77. The maximum atomic E-state index is 11.0. The zero-order valence-corrected chi connectivity index (χ0v) is 7.73. The number of carbonyl (C=O) groups is 1. The minimum Gasteiger partial charge on any atom is -0.344 e. The number of aromatic nitrogens is 2. The Morgan fingerprint density at radius 2 is 2.43 bits per heavy atom. The van der Waals surface area contributed by atoms with Crippen molar-refractivity contribution in [2.45, 2.75) is 19.4 Å². The molecule has 2 aromatic rings. The van der Waals surface area contributed by atoms with Gasteiger partial charge in [0.05, 0.1) is 5.52 Å². The molecule has 1 aliphatic heterocycles. The lowest BCUT2D eigenvalue weighted by molar-refractivity contribution is 0.112. The molecule has 0 spiro atoms. The molecule has 14 heavy (non-hydrogen) atoms. The molecular formula is C11H10N2O. The van der Waals surface area contributed by atoms with E-state index >= 15 is 0 Å². The highest BCUT2D eigenvalue weighted by molar-refractivity contribution is 5.99. The highest BCUT2D eigenvalue weighted by Gasteiger charge is 2.20. The Morgan fingerprint density at radius 1 is 1.50 bits per heavy atom. The van der Waals surface area contributed by atoms with E-state index in [1.165, 1.54) is 5.69 Å². The van der Waals surface area contributed by atoms with Gasteiger partial charge in [0.15, 0.2) is 6.29 Å². The number of rotatable bonds is 1. The third kappa shape index (κ3) is 0.816. The van der Waals surface area contributed by atoms with Crippen LogP contribution in [-0.2, 0) is 13.0 Å². The maximum Gasteiger partial charge on any atom is 0.152 e. The van der Waals surface area contributed by atoms with Crippen LogP contribution < -0.4 is 0 Å². The number of aryl methyl sites for hydroxylation is 1. The first kappa shape index (κ1) is 7.74. The Bertz CT molecular complexity index is 513. The van der Waals surface area contributed by atoms with Gasteiger partial charge in [-0.15, -0.1) is 0 Å². The van der Waals surface area contributed by atoms with Crippen LogP contribution in [0.1, 0.15) is 22.5 Å². The predicted molar refractivity (Wildman–Crippen MR) is 53.4 cm³/mol. The largest absolute Gasteiger partial charge is 0.344 e. The molecule has 3 nitrogen and oxygen atoms in total. The first-order chi connectivity index (χ1) is 6.92. The number of nitrogens with zero attached hydrogens (tertiary/aromatic N) is 2. The molecular weight excluding hydrogens is 176 g/mol. The summed E-state index contributed by atoms with van der Waals surface area (Å²) in [5.74, 6) is 0. The van der Waals surface area contributed by atoms with Crippen LogP contribution in [0.5, 0.6) is 0 Å². The quantitative estimate of drug-likeness (QED) is 0.636. The molecule has 0 unspecified atom stereocenters. The Balaban J connectivity index is 2.48. The number of aldehydes is 1. The molecule has 0 saturated heterocycles. The Kier molecular flexibility index (Phi) is 1.48. The van der Waals surface area contributed by atoms with E-state index in [1.54, 1.807) is 12.4 Å². The zero-order valence-electron chi connectivity index (χ0n) is 7.73. The summed E-state index contributed by atoms with van der Waals surface area (Å²) in [6.07, 6.45) is 6.69. The number of fused-ring (bicyclic) bond motifs is 3. The molecule has 0 N–H and O–H groups in total. The van der Waals surface area contributed by atoms with E-state index in [0.717, 1.165) is 42.1 Å². The third-order valence-electron chi connectivity index (χ3n) is 2.93. The molecule has 0 radical (unpaired) electrons. The van der Waals surface area contributed by atoms with E-state index in [4.69, 9.17) is 0 Å². The Morgan fingerprint density at radius 3 is 3.29 bits per heavy atom. The van der Waals surface area contributed by atoms with Gasteiger partial charge in [-0.05, 0) is 18.9 Å². The summed E-state index contributed by atoms with van der Waals surface area (Å²) in [7, 11) is 0. The molecule has 0 atom stereocenters. The second kappa shape index (κ2) is 2.67. The van der Waals surface area contributed by atoms with E-state index < -0.39 is 0 Å². The van der Waals surface area contributed by atoms with E-state index in [1.807, 2.05) is 6.07 Å². The van der Waals surface area contributed by atoms with Crippen molar-refractivity contribution in [1.29, 1.82) is 0 Å². The summed E-state index contributed by atoms with van der Waals surface area (Å²) in [5.41, 5.74) is 3.17. The van der Waals surface area contributed by atoms with Crippen molar-refractivity contribution in [3.63, 3.8) is 0 Å². The second-order valence-electron chi connectivity index (χ2n) is 3.63. The number of carbonyl (C=O) groups excluding carboxylic acids is 1. The fourth-order valence-corrected chi connectivity index (χ4v) is 2.34. The van der Waals surface area contributed by atoms with Gasteiger partial charge in [0.2, 0.25) is 0 Å². The summed E-state index contributed by atoms with van der Waals surface area (Å²) < 4.78 is 2.24. The average molecular weight is 186 g/mol. The van der Waals surface area contributed by atoms with Crippen LogP contribution in [0.4, 0.5) is 0 Å². The fraction of sp³-hybridized carbons (Fsp3) is 0.273. The highest BCUT2D eigenvalue weighted by atomic mass is 16.1. The summed E-state index contributed by atoms with van der Waals surface area (Å²) >= 11 is 0. The van der Waals surface area contributed by atoms with Crippen molar-refractivity contribution in [2.75, 3.05) is 0 Å². The third-order valence-corrected chi connectivity index (χ3v) is 2.93. The lowest BCUT2D eigenvalue weighted by Gasteiger charge is -1.97. The Labute approximate surface area is 81.4 Å². The molecule has 70 valence electrons. The summed E-state index contributed by atoms with van der Waals surface area (Å²) in [4.78, 5) is 15.1. The van der Waals surface area contributed by atoms with Crippen molar-refractivity contribution < 1.29 is 4.79 Å². The van der Waals surface area contributed by atoms with Crippen LogP contribution in [-0.4, -0.2) is 15.8 Å². The van der Waals surface area contributed by atoms with Crippen LogP contribution in [0.3, 0.4) is 0 Å². The van der Waals surface area contributed by atoms with Crippen molar-refractivity contribution in [3.05, 3.63) is 29.7 Å². The summed E-state index contributed by atoms with van der Waals surface area (Å²) in [6.45, 7) is 1.03. The van der Waals surface area contributed by atoms with Gasteiger partial charge in [-0.2, -0.15) is 0 Å². The first-order valence-electron chi connectivity index (χ1n) is 4.82. The molecule has 3 rings (SSSR count). The molecule has 0 aromatic carbocycles. The van der Waals surface area contributed by atoms with Crippen LogP contribution >= 0.6 is 0 Å². The molecule has 2 aromatic heterocycles. The number of hydrogen-bond donors (Lipinski definition) is 0. The minimum atomic E-state index is 0.839. The van der Waals surface area contributed by atoms with Crippen LogP contribution in [0.2, 0.25) is 0 Å². The molecule has 0 aliphatic carbocycles. The summed E-state index contributed by atoms with van der Waals surface area (Å²) in [5, 5.41) is 0.997. The van der Waals surface area contributed by atoms with Crippen molar-refractivity contribution in [1.82, 2.24) is 9.55 Å². The van der Waals surface area contributed by atoms with Gasteiger partial charge >= 0.3 is 0 Å². The van der Waals surface area contributed by atoms with Gasteiger partial charge < -0.3 is 4.57 Å². The molecule has 0 saturated carbocycles. The number of hydrogen-bond acceptors (Lipinski definition) is 2. The van der Waals surface area contributed by atoms with Crippen LogP contribution in [0, 0.1) is 0 Å². The fourth-order valence-electron chi connectivity index (χ4n) is 2.34. The first-order valence-corrected chi connectivity index (χ1v) is 4.82. The predicted octanol–water partition coefficient (Wildman–Crippen LogP) is 1.79. The van der Waals surface area contributed by atoms with Crippen molar-refractivity contribution >= 4 is 17.2 Å². The van der Waals surface area contributed by atoms with E-state index in [0.29, 0.717) is 0 Å². The smallest absolute Gasteiger partial charge is 0.152 e. The maximum absolute atomic E-state index is 11.0. The lowest BCUT2D eigenvalue weighted by Crippen LogP contribution is -1.91. The molecule has 0 amide bonds. The molecule has 3 heteroatoms. The zero-order chi connectivity index (χ0) is 9.54. The van der Waals surface area contributed by atoms with E-state index in [9.17, 15) is 4.79 Å². The normalized spacial score (nSPS) is 14.6. The van der Waals surface area contributed by atoms with E-state index in [-0.39, 0.29) is 0 Å². The van der Waals surface area contributed by atoms with Gasteiger partial charge in [-0.3, -0.25) is 9.78 Å². The topological polar surface area (TPSA) is 34.9 Å². The van der Waals surface area contributed by atoms with Crippen molar-refractivity contribution in [3.8, 4) is 0 Å². The standard InChI is InChI=1S/C11H10N2O/c14-7-9-8-6-12-4-3-11(8)13-5-1-2-10(9)13/h3-4,6-7H,1-2,5H2. The molecule has 0 bridgehead atoms. The minimum absolute atomic E-state index is 0.839. The van der Waals surface area contributed by atoms with Crippen LogP contribution in [0.15, 0.2) is 18.5 Å². The van der Waals surface area contributed by atoms with Gasteiger partial charge in [-0.25, -0.2) is 0 Å². The Hall–Kier alpha value is -1.64. The van der Waals surface area contributed by atoms with Crippen molar-refractivity contribution in [2.24, 2.45) is 0 Å². The van der Waals surface area contributed by atoms with E-state index in [2.05, 4.69) is 9.55 Å². The SMILES string of the molecule is O=Cc1c2n(c3ccncc13)CCC2. The number of pyridine rings is 1. The molecule has 0 fully saturated rings. The molecule has 1 aliphatic rings. The monoisotopic (exact) mass is 186 g/mol. The summed E-state index contributed by atoms with van der Waals surface area (Å²) in [6, 6.07) is 1.98. The lowest BCUT2D eigenvalue weighted by atomic mass is 10.1. The highest BCUT2D eigenvalue weighted by Crippen LogP contribution is 2.29. The molecule has 3 heterocycles. The van der Waals surface area contributed by atoms with Gasteiger partial charge in [0.1, 0.15) is 0 Å². The van der Waals surface area contributed by atoms with Crippen LogP contribution in [0.25, 0.3) is 10.9 Å².